The van der Waals surface area contributed by atoms with Crippen LogP contribution >= 0.6 is 11.6 Å². The average Bonchev–Trinajstić information content (AvgIpc) is 2.57. The molecule has 0 atom stereocenters. The predicted molar refractivity (Wildman–Crippen MR) is 129 cm³/mol. The van der Waals surface area contributed by atoms with Gasteiger partial charge in [-0.05, 0) is 74.1 Å². The zero-order valence-corrected chi connectivity index (χ0v) is 21.0. The minimum absolute atomic E-state index is 0.0928. The third-order valence-corrected chi connectivity index (χ3v) is 6.16. The SMILES string of the molecule is Cc1cc(Cl)ccc1N(Cc1ccc(C(=O)NC(C)(C)CC(C)(C)C)cc1)S(C)(=O)=O. The van der Waals surface area contributed by atoms with Crippen molar-refractivity contribution in [3.63, 3.8) is 0 Å². The molecule has 0 radical (unpaired) electrons. The molecular weight excluding hydrogens is 432 g/mol. The van der Waals surface area contributed by atoms with E-state index in [0.29, 0.717) is 16.3 Å². The Kier molecular flexibility index (Phi) is 7.49. The summed E-state index contributed by atoms with van der Waals surface area (Å²) in [5, 5.41) is 3.65. The van der Waals surface area contributed by atoms with Crippen molar-refractivity contribution in [3.8, 4) is 0 Å². The lowest BCUT2D eigenvalue weighted by Gasteiger charge is -2.33. The molecule has 7 heteroatoms. The van der Waals surface area contributed by atoms with E-state index in [4.69, 9.17) is 11.6 Å². The second-order valence-corrected chi connectivity index (χ2v) is 12.3. The number of benzene rings is 2. The number of amides is 1. The van der Waals surface area contributed by atoms with Crippen LogP contribution in [0.25, 0.3) is 0 Å². The first-order chi connectivity index (χ1) is 14.1. The highest BCUT2D eigenvalue weighted by molar-refractivity contribution is 7.92. The normalized spacial score (nSPS) is 12.5. The van der Waals surface area contributed by atoms with E-state index in [2.05, 4.69) is 26.1 Å². The summed E-state index contributed by atoms with van der Waals surface area (Å²) < 4.78 is 26.2. The number of aryl methyl sites for hydroxylation is 1. The van der Waals surface area contributed by atoms with E-state index in [1.165, 1.54) is 10.6 Å². The summed E-state index contributed by atoms with van der Waals surface area (Å²) >= 11 is 6.02. The van der Waals surface area contributed by atoms with Gasteiger partial charge in [-0.25, -0.2) is 8.42 Å². The van der Waals surface area contributed by atoms with E-state index in [1.54, 1.807) is 42.5 Å². The molecule has 31 heavy (non-hydrogen) atoms. The molecule has 1 amide bonds. The molecule has 0 bridgehead atoms. The van der Waals surface area contributed by atoms with Crippen molar-refractivity contribution in [1.82, 2.24) is 5.32 Å². The van der Waals surface area contributed by atoms with Crippen molar-refractivity contribution in [1.29, 1.82) is 0 Å². The Balaban J connectivity index is 2.20. The molecule has 0 heterocycles. The zero-order valence-electron chi connectivity index (χ0n) is 19.4. The van der Waals surface area contributed by atoms with Gasteiger partial charge in [0.1, 0.15) is 0 Å². The maximum absolute atomic E-state index is 12.7. The fraction of sp³-hybridized carbons (Fsp3) is 0.458. The number of hydrogen-bond acceptors (Lipinski definition) is 3. The highest BCUT2D eigenvalue weighted by atomic mass is 35.5. The summed E-state index contributed by atoms with van der Waals surface area (Å²) in [7, 11) is -3.51. The maximum atomic E-state index is 12.7. The van der Waals surface area contributed by atoms with Gasteiger partial charge in [0.2, 0.25) is 10.0 Å². The third kappa shape index (κ3) is 7.54. The molecule has 0 saturated carbocycles. The largest absolute Gasteiger partial charge is 0.347 e. The molecule has 2 aromatic carbocycles. The average molecular weight is 465 g/mol. The quantitative estimate of drug-likeness (QED) is 0.583. The maximum Gasteiger partial charge on any atom is 0.251 e. The van der Waals surface area contributed by atoms with Crippen LogP contribution in [0.1, 0.15) is 62.5 Å². The summed E-state index contributed by atoms with van der Waals surface area (Å²) in [6.45, 7) is 12.5. The van der Waals surface area contributed by atoms with Gasteiger partial charge in [-0.3, -0.25) is 9.10 Å². The highest BCUT2D eigenvalue weighted by Crippen LogP contribution is 2.28. The molecule has 170 valence electrons. The Bertz CT molecular complexity index is 1040. The van der Waals surface area contributed by atoms with E-state index >= 15 is 0 Å². The Hall–Kier alpha value is -2.05. The molecule has 0 unspecified atom stereocenters. The number of rotatable bonds is 7. The summed E-state index contributed by atoms with van der Waals surface area (Å²) in [6, 6.07) is 12.2. The number of nitrogens with zero attached hydrogens (tertiary/aromatic N) is 1. The lowest BCUT2D eigenvalue weighted by atomic mass is 9.81. The van der Waals surface area contributed by atoms with Gasteiger partial charge < -0.3 is 5.32 Å². The van der Waals surface area contributed by atoms with Crippen LogP contribution in [-0.4, -0.2) is 26.1 Å². The van der Waals surface area contributed by atoms with Crippen LogP contribution in [0.4, 0.5) is 5.69 Å². The fourth-order valence-electron chi connectivity index (χ4n) is 3.96. The van der Waals surface area contributed by atoms with E-state index in [-0.39, 0.29) is 23.4 Å². The smallest absolute Gasteiger partial charge is 0.251 e. The summed E-state index contributed by atoms with van der Waals surface area (Å²) in [4.78, 5) is 12.7. The van der Waals surface area contributed by atoms with Crippen molar-refractivity contribution in [2.45, 2.75) is 60.0 Å². The zero-order chi connectivity index (χ0) is 23.6. The van der Waals surface area contributed by atoms with Crippen molar-refractivity contribution < 1.29 is 13.2 Å². The molecule has 0 aliphatic heterocycles. The van der Waals surface area contributed by atoms with Gasteiger partial charge in [-0.15, -0.1) is 0 Å². The minimum Gasteiger partial charge on any atom is -0.347 e. The van der Waals surface area contributed by atoms with Crippen LogP contribution in [-0.2, 0) is 16.6 Å². The lowest BCUT2D eigenvalue weighted by molar-refractivity contribution is 0.0891. The Labute approximate surface area is 191 Å². The Morgan fingerprint density at radius 3 is 2.10 bits per heavy atom. The fourth-order valence-corrected chi connectivity index (χ4v) is 5.13. The number of hydrogen-bond donors (Lipinski definition) is 1. The van der Waals surface area contributed by atoms with Gasteiger partial charge in [0, 0.05) is 16.1 Å². The van der Waals surface area contributed by atoms with Crippen LogP contribution in [0.5, 0.6) is 0 Å². The Morgan fingerprint density at radius 1 is 1.03 bits per heavy atom. The second-order valence-electron chi connectivity index (χ2n) is 9.97. The number of carbonyl (C=O) groups excluding carboxylic acids is 1. The number of sulfonamides is 1. The molecular formula is C24H33ClN2O3S. The molecule has 5 nitrogen and oxygen atoms in total. The van der Waals surface area contributed by atoms with E-state index in [0.717, 1.165) is 17.5 Å². The first-order valence-electron chi connectivity index (χ1n) is 10.2. The van der Waals surface area contributed by atoms with E-state index in [1.807, 2.05) is 20.8 Å². The summed E-state index contributed by atoms with van der Waals surface area (Å²) in [6.07, 6.45) is 2.02. The van der Waals surface area contributed by atoms with Crippen LogP contribution < -0.4 is 9.62 Å². The molecule has 2 aromatic rings. The molecule has 0 saturated heterocycles. The van der Waals surface area contributed by atoms with Crippen molar-refractivity contribution in [2.75, 3.05) is 10.6 Å². The van der Waals surface area contributed by atoms with E-state index < -0.39 is 10.0 Å². The van der Waals surface area contributed by atoms with E-state index in [9.17, 15) is 13.2 Å². The number of carbonyl (C=O) groups is 1. The van der Waals surface area contributed by atoms with Crippen molar-refractivity contribution in [3.05, 3.63) is 64.2 Å². The summed E-state index contributed by atoms with van der Waals surface area (Å²) in [5.41, 5.74) is 2.43. The standard InChI is InChI=1S/C24H33ClN2O3S/c1-17-14-20(25)12-13-21(17)27(31(7,29)30)15-18-8-10-19(11-9-18)22(28)26-24(5,6)16-23(2,3)4/h8-14H,15-16H2,1-7H3,(H,26,28). The first kappa shape index (κ1) is 25.2. The van der Waals surface area contributed by atoms with Gasteiger partial charge in [0.15, 0.2) is 0 Å². The molecule has 0 spiro atoms. The van der Waals surface area contributed by atoms with Gasteiger partial charge in [0.25, 0.3) is 5.91 Å². The van der Waals surface area contributed by atoms with Crippen molar-refractivity contribution in [2.24, 2.45) is 5.41 Å². The molecule has 0 aliphatic rings. The number of anilines is 1. The first-order valence-corrected chi connectivity index (χ1v) is 12.5. The molecule has 1 N–H and O–H groups in total. The number of halogens is 1. The number of nitrogens with one attached hydrogen (secondary N) is 1. The minimum atomic E-state index is -3.51. The summed E-state index contributed by atoms with van der Waals surface area (Å²) in [5.74, 6) is -0.144. The Morgan fingerprint density at radius 2 is 1.61 bits per heavy atom. The van der Waals surface area contributed by atoms with Crippen LogP contribution in [0.3, 0.4) is 0 Å². The van der Waals surface area contributed by atoms with Gasteiger partial charge in [0.05, 0.1) is 18.5 Å². The van der Waals surface area contributed by atoms with Crippen LogP contribution in [0.2, 0.25) is 5.02 Å². The van der Waals surface area contributed by atoms with Crippen LogP contribution in [0.15, 0.2) is 42.5 Å². The predicted octanol–water partition coefficient (Wildman–Crippen LogP) is 5.56. The lowest BCUT2D eigenvalue weighted by Crippen LogP contribution is -2.45. The topological polar surface area (TPSA) is 66.5 Å². The monoisotopic (exact) mass is 464 g/mol. The third-order valence-electron chi connectivity index (χ3n) is 4.79. The second kappa shape index (κ2) is 9.21. The highest BCUT2D eigenvalue weighted by Gasteiger charge is 2.27. The molecule has 2 rings (SSSR count). The van der Waals surface area contributed by atoms with Gasteiger partial charge in [-0.1, -0.05) is 44.5 Å². The van der Waals surface area contributed by atoms with Crippen molar-refractivity contribution >= 4 is 33.2 Å². The molecule has 0 aromatic heterocycles. The molecule has 0 fully saturated rings. The van der Waals surface area contributed by atoms with Crippen LogP contribution in [0, 0.1) is 12.3 Å². The molecule has 0 aliphatic carbocycles. The van der Waals surface area contributed by atoms with Gasteiger partial charge in [-0.2, -0.15) is 0 Å². The van der Waals surface area contributed by atoms with Gasteiger partial charge >= 0.3 is 0 Å².